The number of aromatic nitrogens is 3. The van der Waals surface area contributed by atoms with E-state index < -0.39 is 0 Å². The average molecular weight is 499 g/mol. The van der Waals surface area contributed by atoms with Crippen molar-refractivity contribution in [3.05, 3.63) is 48.0 Å². The van der Waals surface area contributed by atoms with E-state index in [1.807, 2.05) is 29.7 Å². The summed E-state index contributed by atoms with van der Waals surface area (Å²) in [5, 5.41) is 17.3. The van der Waals surface area contributed by atoms with Crippen molar-refractivity contribution in [2.75, 3.05) is 26.2 Å². The van der Waals surface area contributed by atoms with Crippen molar-refractivity contribution < 1.29 is 4.79 Å². The van der Waals surface area contributed by atoms with Crippen LogP contribution in [0.15, 0.2) is 41.7 Å². The van der Waals surface area contributed by atoms with Crippen molar-refractivity contribution in [3.8, 4) is 0 Å². The maximum atomic E-state index is 12.0. The monoisotopic (exact) mass is 499 g/mol. The molecular weight excluding hydrogens is 469 g/mol. The van der Waals surface area contributed by atoms with E-state index in [0.717, 1.165) is 31.8 Å². The molecule has 2 aromatic rings. The van der Waals surface area contributed by atoms with Gasteiger partial charge in [0.25, 0.3) is 0 Å². The lowest BCUT2D eigenvalue weighted by Crippen LogP contribution is -2.40. The number of halogens is 1. The summed E-state index contributed by atoms with van der Waals surface area (Å²) in [6, 6.07) is 10.1. The molecule has 0 saturated heterocycles. The molecule has 8 nitrogen and oxygen atoms in total. The van der Waals surface area contributed by atoms with E-state index in [4.69, 9.17) is 0 Å². The Hall–Kier alpha value is -2.17. The second-order valence-corrected chi connectivity index (χ2v) is 6.00. The maximum Gasteiger partial charge on any atom is 0.241 e. The minimum atomic E-state index is -0.0878. The highest BCUT2D eigenvalue weighted by Crippen LogP contribution is 1.98. The summed E-state index contributed by atoms with van der Waals surface area (Å²) in [5.41, 5.74) is 1.21. The quantitative estimate of drug-likeness (QED) is 0.261. The highest BCUT2D eigenvalue weighted by molar-refractivity contribution is 14.0. The number of benzene rings is 1. The van der Waals surface area contributed by atoms with Crippen LogP contribution in [0.4, 0.5) is 0 Å². The molecule has 154 valence electrons. The molecule has 0 aliphatic carbocycles. The molecule has 0 radical (unpaired) electrons. The van der Waals surface area contributed by atoms with Gasteiger partial charge in [-0.05, 0) is 18.9 Å². The van der Waals surface area contributed by atoms with E-state index in [2.05, 4.69) is 50.2 Å². The van der Waals surface area contributed by atoms with Crippen molar-refractivity contribution in [2.24, 2.45) is 4.99 Å². The number of nitrogens with one attached hydrogen (secondary N) is 3. The second kappa shape index (κ2) is 13.9. The van der Waals surface area contributed by atoms with Gasteiger partial charge in [0.05, 0.1) is 0 Å². The lowest BCUT2D eigenvalue weighted by molar-refractivity contribution is -0.119. The predicted molar refractivity (Wildman–Crippen MR) is 122 cm³/mol. The molecular formula is C19H30IN7O. The number of carbonyl (C=O) groups is 1. The molecule has 0 spiro atoms. The highest BCUT2D eigenvalue weighted by Gasteiger charge is 2.04. The first-order valence-corrected chi connectivity index (χ1v) is 9.42. The van der Waals surface area contributed by atoms with Gasteiger partial charge in [0, 0.05) is 32.6 Å². The van der Waals surface area contributed by atoms with Crippen molar-refractivity contribution in [1.82, 2.24) is 30.7 Å². The summed E-state index contributed by atoms with van der Waals surface area (Å²) < 4.78 is 2.01. The Kier molecular flexibility index (Phi) is 11.9. The number of aliphatic imine (C=N–C) groups is 1. The molecule has 0 aliphatic rings. The van der Waals surface area contributed by atoms with E-state index in [-0.39, 0.29) is 36.4 Å². The number of guanidine groups is 1. The Morgan fingerprint density at radius 2 is 1.89 bits per heavy atom. The summed E-state index contributed by atoms with van der Waals surface area (Å²) in [5.74, 6) is 1.49. The Bertz CT molecular complexity index is 718. The number of carbonyl (C=O) groups excluding carboxylic acids is 1. The highest BCUT2D eigenvalue weighted by atomic mass is 127. The summed E-state index contributed by atoms with van der Waals surface area (Å²) in [7, 11) is 0. The Balaban J connectivity index is 0.00000392. The maximum absolute atomic E-state index is 12.0. The summed E-state index contributed by atoms with van der Waals surface area (Å²) >= 11 is 0. The molecule has 1 aromatic carbocycles. The molecule has 28 heavy (non-hydrogen) atoms. The zero-order valence-corrected chi connectivity index (χ0v) is 18.8. The zero-order valence-electron chi connectivity index (χ0n) is 16.5. The number of hydrogen-bond acceptors (Lipinski definition) is 4. The van der Waals surface area contributed by atoms with E-state index in [0.29, 0.717) is 19.0 Å². The van der Waals surface area contributed by atoms with Crippen molar-refractivity contribution in [1.29, 1.82) is 0 Å². The summed E-state index contributed by atoms with van der Waals surface area (Å²) in [4.78, 5) is 16.3. The summed E-state index contributed by atoms with van der Waals surface area (Å²) in [6.45, 7) is 6.89. The van der Waals surface area contributed by atoms with E-state index in [1.54, 1.807) is 6.33 Å². The molecule has 0 saturated carbocycles. The van der Waals surface area contributed by atoms with Crippen molar-refractivity contribution >= 4 is 35.8 Å². The molecule has 1 amide bonds. The van der Waals surface area contributed by atoms with E-state index >= 15 is 0 Å². The van der Waals surface area contributed by atoms with Crippen LogP contribution in [-0.2, 0) is 24.2 Å². The molecule has 0 fully saturated rings. The molecule has 0 unspecified atom stereocenters. The lowest BCUT2D eigenvalue weighted by atomic mass is 10.1. The number of rotatable bonds is 10. The number of nitrogens with zero attached hydrogens (tertiary/aromatic N) is 4. The van der Waals surface area contributed by atoms with Crippen LogP contribution in [0, 0.1) is 0 Å². The normalized spacial score (nSPS) is 10.9. The fraction of sp³-hybridized carbons (Fsp3) is 0.474. The summed E-state index contributed by atoms with van der Waals surface area (Å²) in [6.07, 6.45) is 3.38. The molecule has 1 aromatic heterocycles. The number of hydrogen-bond donors (Lipinski definition) is 3. The van der Waals surface area contributed by atoms with Crippen molar-refractivity contribution in [2.45, 2.75) is 33.2 Å². The van der Waals surface area contributed by atoms with Gasteiger partial charge < -0.3 is 20.5 Å². The van der Waals surface area contributed by atoms with Crippen molar-refractivity contribution in [3.63, 3.8) is 0 Å². The smallest absolute Gasteiger partial charge is 0.241 e. The molecule has 0 atom stereocenters. The van der Waals surface area contributed by atoms with Gasteiger partial charge in [-0.3, -0.25) is 4.79 Å². The zero-order chi connectivity index (χ0) is 19.3. The molecule has 0 bridgehead atoms. The topological polar surface area (TPSA) is 96.2 Å². The van der Waals surface area contributed by atoms with Crippen LogP contribution in [0.25, 0.3) is 0 Å². The standard InChI is InChI=1S/C19H29N7O.HI/c1-3-17-25-24-15-26(17)13-12-22-19(20-4-2)23-14-18(27)21-11-10-16-8-6-5-7-9-16;/h5-9,15H,3-4,10-14H2,1-2H3,(H,21,27)(H2,20,22,23);1H. The van der Waals surface area contributed by atoms with Gasteiger partial charge in [-0.15, -0.1) is 34.2 Å². The van der Waals surface area contributed by atoms with Crippen LogP contribution < -0.4 is 16.0 Å². The van der Waals surface area contributed by atoms with Gasteiger partial charge in [0.15, 0.2) is 5.96 Å². The van der Waals surface area contributed by atoms with Gasteiger partial charge >= 0.3 is 0 Å². The fourth-order valence-electron chi connectivity index (χ4n) is 2.57. The van der Waals surface area contributed by atoms with Gasteiger partial charge in [0.2, 0.25) is 5.91 Å². The Labute approximate surface area is 183 Å². The van der Waals surface area contributed by atoms with Gasteiger partial charge in [-0.1, -0.05) is 37.3 Å². The minimum absolute atomic E-state index is 0. The Morgan fingerprint density at radius 1 is 1.11 bits per heavy atom. The molecule has 2 rings (SSSR count). The molecule has 3 N–H and O–H groups in total. The molecule has 0 aliphatic heterocycles. The van der Waals surface area contributed by atoms with E-state index in [1.165, 1.54) is 5.56 Å². The first-order valence-electron chi connectivity index (χ1n) is 9.42. The third-order valence-corrected chi connectivity index (χ3v) is 3.96. The van der Waals surface area contributed by atoms with Gasteiger partial charge in [-0.2, -0.15) is 0 Å². The number of aryl methyl sites for hydroxylation is 1. The van der Waals surface area contributed by atoms with Crippen LogP contribution in [0.2, 0.25) is 0 Å². The second-order valence-electron chi connectivity index (χ2n) is 6.00. The lowest BCUT2D eigenvalue weighted by Gasteiger charge is -2.12. The third kappa shape index (κ3) is 8.68. The molecule has 9 heteroatoms. The third-order valence-electron chi connectivity index (χ3n) is 3.96. The first kappa shape index (κ1) is 23.9. The van der Waals surface area contributed by atoms with Gasteiger partial charge in [-0.25, -0.2) is 4.99 Å². The Morgan fingerprint density at radius 3 is 2.61 bits per heavy atom. The molecule has 1 heterocycles. The first-order chi connectivity index (χ1) is 13.2. The van der Waals surface area contributed by atoms with Crippen LogP contribution in [-0.4, -0.2) is 52.8 Å². The largest absolute Gasteiger partial charge is 0.357 e. The number of amides is 1. The van der Waals surface area contributed by atoms with Crippen LogP contribution in [0.3, 0.4) is 0 Å². The minimum Gasteiger partial charge on any atom is -0.357 e. The van der Waals surface area contributed by atoms with Crippen LogP contribution >= 0.6 is 24.0 Å². The predicted octanol–water partition coefficient (Wildman–Crippen LogP) is 1.37. The average Bonchev–Trinajstić information content (AvgIpc) is 3.14. The van der Waals surface area contributed by atoms with Crippen LogP contribution in [0.5, 0.6) is 0 Å². The van der Waals surface area contributed by atoms with E-state index in [9.17, 15) is 4.79 Å². The van der Waals surface area contributed by atoms with Gasteiger partial charge in [0.1, 0.15) is 18.7 Å². The van der Waals surface area contributed by atoms with Crippen LogP contribution in [0.1, 0.15) is 25.2 Å². The SMILES string of the molecule is CCNC(=NCC(=O)NCCc1ccccc1)NCCn1cnnc1CC.I. The fourth-order valence-corrected chi connectivity index (χ4v) is 2.57.